The summed E-state index contributed by atoms with van der Waals surface area (Å²) in [5.41, 5.74) is 0. The van der Waals surface area contributed by atoms with Crippen LogP contribution in [0.5, 0.6) is 0 Å². The van der Waals surface area contributed by atoms with Crippen molar-refractivity contribution in [1.82, 2.24) is 0 Å². The summed E-state index contributed by atoms with van der Waals surface area (Å²) in [4.78, 5) is 22.2. The van der Waals surface area contributed by atoms with Gasteiger partial charge in [-0.05, 0) is 19.8 Å². The highest BCUT2D eigenvalue weighted by Gasteiger charge is 2.15. The fourth-order valence-corrected chi connectivity index (χ4v) is 1.21. The van der Waals surface area contributed by atoms with E-state index in [9.17, 15) is 9.59 Å². The maximum atomic E-state index is 11.2. The molecule has 4 heteroatoms. The number of allylic oxidation sites excluding steroid dienone is 2. The van der Waals surface area contributed by atoms with Crippen LogP contribution in [0.15, 0.2) is 12.2 Å². The number of ether oxygens (including phenoxy) is 2. The van der Waals surface area contributed by atoms with Crippen LogP contribution in [0.2, 0.25) is 0 Å². The lowest BCUT2D eigenvalue weighted by atomic mass is 10.0. The van der Waals surface area contributed by atoms with Gasteiger partial charge in [-0.25, -0.2) is 0 Å². The molecule has 0 saturated heterocycles. The van der Waals surface area contributed by atoms with Crippen molar-refractivity contribution in [2.24, 2.45) is 5.92 Å². The Morgan fingerprint density at radius 2 is 1.87 bits per heavy atom. The molecular formula is C11H18O4. The molecule has 0 rings (SSSR count). The standard InChI is InChI=1S/C11H18O4/c1-4-6-9(7-10(12)14-3)8-11(13)15-5-2/h4,6,9H,5,7-8H2,1-3H3/b6-4+. The van der Waals surface area contributed by atoms with E-state index in [1.165, 1.54) is 7.11 Å². The second-order valence-electron chi connectivity index (χ2n) is 3.08. The van der Waals surface area contributed by atoms with Crippen LogP contribution in [-0.4, -0.2) is 25.7 Å². The van der Waals surface area contributed by atoms with Crippen molar-refractivity contribution in [1.29, 1.82) is 0 Å². The molecule has 0 aromatic heterocycles. The van der Waals surface area contributed by atoms with Crippen molar-refractivity contribution in [2.45, 2.75) is 26.7 Å². The van der Waals surface area contributed by atoms with E-state index < -0.39 is 0 Å². The zero-order chi connectivity index (χ0) is 11.7. The second-order valence-corrected chi connectivity index (χ2v) is 3.08. The van der Waals surface area contributed by atoms with Crippen molar-refractivity contribution in [2.75, 3.05) is 13.7 Å². The Balaban J connectivity index is 4.15. The van der Waals surface area contributed by atoms with Crippen LogP contribution in [0, 0.1) is 5.92 Å². The minimum atomic E-state index is -0.317. The first kappa shape index (κ1) is 13.7. The Hall–Kier alpha value is -1.32. The Labute approximate surface area is 90.2 Å². The molecule has 86 valence electrons. The maximum absolute atomic E-state index is 11.2. The van der Waals surface area contributed by atoms with E-state index in [1.54, 1.807) is 6.92 Å². The van der Waals surface area contributed by atoms with Crippen molar-refractivity contribution in [3.63, 3.8) is 0 Å². The molecule has 0 heterocycles. The van der Waals surface area contributed by atoms with Crippen LogP contribution in [0.1, 0.15) is 26.7 Å². The summed E-state index contributed by atoms with van der Waals surface area (Å²) >= 11 is 0. The van der Waals surface area contributed by atoms with E-state index in [0.29, 0.717) is 6.61 Å². The van der Waals surface area contributed by atoms with Gasteiger partial charge in [0.25, 0.3) is 0 Å². The molecule has 0 saturated carbocycles. The fraction of sp³-hybridized carbons (Fsp3) is 0.636. The van der Waals surface area contributed by atoms with Crippen molar-refractivity contribution in [3.05, 3.63) is 12.2 Å². The summed E-state index contributed by atoms with van der Waals surface area (Å²) in [5.74, 6) is -0.742. The first-order valence-corrected chi connectivity index (χ1v) is 4.99. The molecular weight excluding hydrogens is 196 g/mol. The second kappa shape index (κ2) is 8.03. The number of esters is 2. The lowest BCUT2D eigenvalue weighted by Gasteiger charge is -2.10. The summed E-state index contributed by atoms with van der Waals surface area (Å²) in [6.45, 7) is 3.96. The molecule has 0 aliphatic rings. The number of methoxy groups -OCH3 is 1. The average molecular weight is 214 g/mol. The highest BCUT2D eigenvalue weighted by atomic mass is 16.5. The van der Waals surface area contributed by atoms with Crippen molar-refractivity contribution >= 4 is 11.9 Å². The predicted molar refractivity (Wildman–Crippen MR) is 56.2 cm³/mol. The molecule has 0 amide bonds. The van der Waals surface area contributed by atoms with Crippen LogP contribution in [-0.2, 0) is 19.1 Å². The molecule has 0 spiro atoms. The third kappa shape index (κ3) is 6.71. The van der Waals surface area contributed by atoms with Gasteiger partial charge < -0.3 is 9.47 Å². The Morgan fingerprint density at radius 3 is 2.33 bits per heavy atom. The highest BCUT2D eigenvalue weighted by molar-refractivity contribution is 5.73. The molecule has 15 heavy (non-hydrogen) atoms. The zero-order valence-electron chi connectivity index (χ0n) is 9.49. The number of hydrogen-bond acceptors (Lipinski definition) is 4. The fourth-order valence-electron chi connectivity index (χ4n) is 1.21. The largest absolute Gasteiger partial charge is 0.469 e. The zero-order valence-corrected chi connectivity index (χ0v) is 9.49. The molecule has 1 atom stereocenters. The van der Waals surface area contributed by atoms with E-state index in [1.807, 2.05) is 19.1 Å². The van der Waals surface area contributed by atoms with Crippen LogP contribution >= 0.6 is 0 Å². The van der Waals surface area contributed by atoms with Gasteiger partial charge in [-0.2, -0.15) is 0 Å². The smallest absolute Gasteiger partial charge is 0.306 e. The quantitative estimate of drug-likeness (QED) is 0.498. The van der Waals surface area contributed by atoms with Gasteiger partial charge in [0.2, 0.25) is 0 Å². The van der Waals surface area contributed by atoms with Gasteiger partial charge in [0.15, 0.2) is 0 Å². The first-order chi connectivity index (χ1) is 7.13. The summed E-state index contributed by atoms with van der Waals surface area (Å²) < 4.78 is 9.35. The number of rotatable bonds is 6. The van der Waals surface area contributed by atoms with Gasteiger partial charge in [0.05, 0.1) is 26.6 Å². The minimum Gasteiger partial charge on any atom is -0.469 e. The van der Waals surface area contributed by atoms with E-state index in [-0.39, 0.29) is 30.7 Å². The monoisotopic (exact) mass is 214 g/mol. The van der Waals surface area contributed by atoms with Gasteiger partial charge in [0, 0.05) is 0 Å². The van der Waals surface area contributed by atoms with Gasteiger partial charge in [-0.15, -0.1) is 0 Å². The van der Waals surface area contributed by atoms with Crippen molar-refractivity contribution in [3.8, 4) is 0 Å². The third-order valence-corrected chi connectivity index (χ3v) is 1.86. The SMILES string of the molecule is C/C=C/C(CC(=O)OC)CC(=O)OCC. The van der Waals surface area contributed by atoms with Crippen LogP contribution in [0.4, 0.5) is 0 Å². The molecule has 0 N–H and O–H groups in total. The molecule has 0 radical (unpaired) electrons. The maximum Gasteiger partial charge on any atom is 0.306 e. The van der Waals surface area contributed by atoms with Gasteiger partial charge >= 0.3 is 11.9 Å². The van der Waals surface area contributed by atoms with Gasteiger partial charge in [-0.1, -0.05) is 12.2 Å². The molecule has 0 bridgehead atoms. The predicted octanol–water partition coefficient (Wildman–Crippen LogP) is 1.70. The molecule has 1 unspecified atom stereocenters. The summed E-state index contributed by atoms with van der Waals surface area (Å²) in [6.07, 6.45) is 4.05. The van der Waals surface area contributed by atoms with E-state index >= 15 is 0 Å². The highest BCUT2D eigenvalue weighted by Crippen LogP contribution is 2.12. The molecule has 4 nitrogen and oxygen atoms in total. The summed E-state index contributed by atoms with van der Waals surface area (Å²) in [6, 6.07) is 0. The summed E-state index contributed by atoms with van der Waals surface area (Å²) in [5, 5.41) is 0. The van der Waals surface area contributed by atoms with Crippen LogP contribution in [0.25, 0.3) is 0 Å². The first-order valence-electron chi connectivity index (χ1n) is 4.99. The number of carbonyl (C=O) groups excluding carboxylic acids is 2. The van der Waals surface area contributed by atoms with Crippen LogP contribution < -0.4 is 0 Å². The normalized spacial score (nSPS) is 12.5. The minimum absolute atomic E-state index is 0.138. The third-order valence-electron chi connectivity index (χ3n) is 1.86. The average Bonchev–Trinajstić information content (AvgIpc) is 2.18. The molecule has 0 aromatic rings. The lowest BCUT2D eigenvalue weighted by Crippen LogP contribution is -2.14. The number of carbonyl (C=O) groups is 2. The Bertz CT molecular complexity index is 233. The molecule has 0 aliphatic carbocycles. The molecule has 0 aliphatic heterocycles. The Kier molecular flexibility index (Phi) is 7.32. The topological polar surface area (TPSA) is 52.6 Å². The Morgan fingerprint density at radius 1 is 1.27 bits per heavy atom. The summed E-state index contributed by atoms with van der Waals surface area (Å²) in [7, 11) is 1.33. The van der Waals surface area contributed by atoms with E-state index in [4.69, 9.17) is 4.74 Å². The van der Waals surface area contributed by atoms with E-state index in [0.717, 1.165) is 0 Å². The van der Waals surface area contributed by atoms with Gasteiger partial charge in [-0.3, -0.25) is 9.59 Å². The van der Waals surface area contributed by atoms with Gasteiger partial charge in [0.1, 0.15) is 0 Å². The number of hydrogen-bond donors (Lipinski definition) is 0. The lowest BCUT2D eigenvalue weighted by molar-refractivity contribution is -0.145. The molecule has 0 fully saturated rings. The van der Waals surface area contributed by atoms with Crippen molar-refractivity contribution < 1.29 is 19.1 Å². The van der Waals surface area contributed by atoms with E-state index in [2.05, 4.69) is 4.74 Å². The van der Waals surface area contributed by atoms with Crippen LogP contribution in [0.3, 0.4) is 0 Å². The molecule has 0 aromatic carbocycles.